The molecule has 0 amide bonds. The molecule has 1 heterocycles. The summed E-state index contributed by atoms with van der Waals surface area (Å²) in [6.45, 7) is 1.97. The smallest absolute Gasteiger partial charge is 0.0611 e. The lowest BCUT2D eigenvalue weighted by molar-refractivity contribution is 0.317. The van der Waals surface area contributed by atoms with Crippen LogP contribution < -0.4 is 0 Å². The quantitative estimate of drug-likeness (QED) is 0.421. The van der Waals surface area contributed by atoms with E-state index in [-0.39, 0.29) is 0 Å². The van der Waals surface area contributed by atoms with Crippen LogP contribution in [-0.4, -0.2) is 15.9 Å². The highest BCUT2D eigenvalue weighted by molar-refractivity contribution is 5.85. The Bertz CT molecular complexity index is 256. The molecule has 0 saturated heterocycles. The fourth-order valence-corrected chi connectivity index (χ4v) is 0.967. The van der Waals surface area contributed by atoms with E-state index < -0.39 is 0 Å². The predicted octanol–water partition coefficient (Wildman–Crippen LogP) is 1.86. The van der Waals surface area contributed by atoms with Gasteiger partial charge in [-0.05, 0) is 24.1 Å². The number of aromatic nitrogens is 1. The third kappa shape index (κ3) is 2.34. The Morgan fingerprint density at radius 2 is 2.17 bits per heavy atom. The summed E-state index contributed by atoms with van der Waals surface area (Å²) < 4.78 is 0. The number of rotatable bonds is 3. The van der Waals surface area contributed by atoms with Crippen molar-refractivity contribution in [1.82, 2.24) is 4.98 Å². The van der Waals surface area contributed by atoms with E-state index in [1.54, 1.807) is 12.4 Å². The molecule has 0 radical (unpaired) electrons. The Labute approximate surface area is 71.8 Å². The molecular weight excluding hydrogens is 152 g/mol. The molecule has 0 aliphatic rings. The molecule has 1 N–H and O–H groups in total. The van der Waals surface area contributed by atoms with Gasteiger partial charge in [0, 0.05) is 18.8 Å². The van der Waals surface area contributed by atoms with Crippen LogP contribution in [0.4, 0.5) is 0 Å². The van der Waals surface area contributed by atoms with Crippen molar-refractivity contribution in [3.8, 4) is 0 Å². The maximum atomic E-state index is 8.56. The molecule has 0 atom stereocenters. The van der Waals surface area contributed by atoms with Gasteiger partial charge in [0.25, 0.3) is 0 Å². The van der Waals surface area contributed by atoms with Crippen LogP contribution in [0, 0.1) is 0 Å². The summed E-state index contributed by atoms with van der Waals surface area (Å²) in [6, 6.07) is 3.84. The van der Waals surface area contributed by atoms with Crippen LogP contribution in [0.1, 0.15) is 18.9 Å². The van der Waals surface area contributed by atoms with Gasteiger partial charge in [-0.2, -0.15) is 0 Å². The summed E-state index contributed by atoms with van der Waals surface area (Å²) in [7, 11) is 0. The van der Waals surface area contributed by atoms with Gasteiger partial charge in [-0.25, -0.2) is 0 Å². The van der Waals surface area contributed by atoms with E-state index in [4.69, 9.17) is 5.21 Å². The molecule has 64 valence electrons. The third-order valence-corrected chi connectivity index (χ3v) is 1.71. The van der Waals surface area contributed by atoms with Gasteiger partial charge in [0.15, 0.2) is 0 Å². The number of oxime groups is 1. The summed E-state index contributed by atoms with van der Waals surface area (Å²) in [5.41, 5.74) is 1.92. The van der Waals surface area contributed by atoms with Crippen LogP contribution in [-0.2, 0) is 6.42 Å². The Morgan fingerprint density at radius 1 is 1.50 bits per heavy atom. The highest BCUT2D eigenvalue weighted by atomic mass is 16.4. The van der Waals surface area contributed by atoms with Crippen molar-refractivity contribution in [3.05, 3.63) is 30.1 Å². The van der Waals surface area contributed by atoms with Gasteiger partial charge in [0.05, 0.1) is 5.71 Å². The van der Waals surface area contributed by atoms with Crippen LogP contribution in [0.25, 0.3) is 0 Å². The molecule has 0 aromatic carbocycles. The van der Waals surface area contributed by atoms with Crippen LogP contribution >= 0.6 is 0 Å². The maximum absolute atomic E-state index is 8.56. The Kier molecular flexibility index (Phi) is 3.26. The molecule has 0 saturated carbocycles. The average Bonchev–Trinajstić information content (AvgIpc) is 2.16. The van der Waals surface area contributed by atoms with E-state index in [9.17, 15) is 0 Å². The molecule has 3 heteroatoms. The fourth-order valence-electron chi connectivity index (χ4n) is 0.967. The van der Waals surface area contributed by atoms with Crippen LogP contribution in [0.15, 0.2) is 29.7 Å². The average molecular weight is 164 g/mol. The fraction of sp³-hybridized carbons (Fsp3) is 0.333. The monoisotopic (exact) mass is 164 g/mol. The molecule has 1 aromatic heterocycles. The topological polar surface area (TPSA) is 45.5 Å². The van der Waals surface area contributed by atoms with Crippen molar-refractivity contribution in [3.63, 3.8) is 0 Å². The molecule has 12 heavy (non-hydrogen) atoms. The second-order valence-corrected chi connectivity index (χ2v) is 2.55. The van der Waals surface area contributed by atoms with E-state index >= 15 is 0 Å². The first-order valence-corrected chi connectivity index (χ1v) is 3.95. The van der Waals surface area contributed by atoms with E-state index in [1.807, 2.05) is 19.1 Å². The minimum absolute atomic E-state index is 0.704. The molecule has 0 unspecified atom stereocenters. The summed E-state index contributed by atoms with van der Waals surface area (Å²) in [6.07, 6.45) is 4.95. The summed E-state index contributed by atoms with van der Waals surface area (Å²) in [5, 5.41) is 11.8. The number of nitrogens with zero attached hydrogens (tertiary/aromatic N) is 2. The van der Waals surface area contributed by atoms with Crippen LogP contribution in [0.2, 0.25) is 0 Å². The van der Waals surface area contributed by atoms with Crippen molar-refractivity contribution in [1.29, 1.82) is 0 Å². The zero-order valence-electron chi connectivity index (χ0n) is 7.07. The van der Waals surface area contributed by atoms with Crippen LogP contribution in [0.3, 0.4) is 0 Å². The van der Waals surface area contributed by atoms with E-state index in [0.717, 1.165) is 17.7 Å². The first-order valence-electron chi connectivity index (χ1n) is 3.95. The number of hydrogen-bond acceptors (Lipinski definition) is 3. The van der Waals surface area contributed by atoms with Crippen molar-refractivity contribution in [2.75, 3.05) is 0 Å². The Balaban J connectivity index is 2.64. The molecule has 1 aromatic rings. The minimum Gasteiger partial charge on any atom is -0.411 e. The normalized spacial score (nSPS) is 11.6. The molecular formula is C9H12N2O. The summed E-state index contributed by atoms with van der Waals surface area (Å²) >= 11 is 0. The van der Waals surface area contributed by atoms with Crippen molar-refractivity contribution in [2.45, 2.75) is 19.8 Å². The summed E-state index contributed by atoms with van der Waals surface area (Å²) in [5.74, 6) is 0. The van der Waals surface area contributed by atoms with Gasteiger partial charge >= 0.3 is 0 Å². The van der Waals surface area contributed by atoms with Gasteiger partial charge < -0.3 is 5.21 Å². The van der Waals surface area contributed by atoms with Gasteiger partial charge in [-0.15, -0.1) is 0 Å². The van der Waals surface area contributed by atoms with Crippen molar-refractivity contribution < 1.29 is 5.21 Å². The van der Waals surface area contributed by atoms with Crippen LogP contribution in [0.5, 0.6) is 0 Å². The maximum Gasteiger partial charge on any atom is 0.0611 e. The molecule has 0 aliphatic carbocycles. The lowest BCUT2D eigenvalue weighted by Gasteiger charge is -1.99. The molecule has 0 spiro atoms. The number of hydrogen-bond donors (Lipinski definition) is 1. The zero-order chi connectivity index (χ0) is 8.81. The largest absolute Gasteiger partial charge is 0.411 e. The molecule has 0 bridgehead atoms. The lowest BCUT2D eigenvalue weighted by Crippen LogP contribution is -2.01. The second-order valence-electron chi connectivity index (χ2n) is 2.55. The lowest BCUT2D eigenvalue weighted by atomic mass is 10.1. The van der Waals surface area contributed by atoms with E-state index in [1.165, 1.54) is 0 Å². The highest BCUT2D eigenvalue weighted by Gasteiger charge is 1.98. The van der Waals surface area contributed by atoms with Gasteiger partial charge in [-0.1, -0.05) is 12.1 Å². The highest BCUT2D eigenvalue weighted by Crippen LogP contribution is 2.00. The third-order valence-electron chi connectivity index (χ3n) is 1.71. The Morgan fingerprint density at radius 3 is 2.67 bits per heavy atom. The first-order chi connectivity index (χ1) is 5.86. The standard InChI is InChI=1S/C9H12N2O/c1-2-9(11-12)7-8-3-5-10-6-4-8/h3-6,12H,2,7H2,1H3. The summed E-state index contributed by atoms with van der Waals surface area (Å²) in [4.78, 5) is 3.90. The molecule has 0 aliphatic heterocycles. The van der Waals surface area contributed by atoms with Gasteiger partial charge in [0.1, 0.15) is 0 Å². The second kappa shape index (κ2) is 4.49. The van der Waals surface area contributed by atoms with Crippen molar-refractivity contribution >= 4 is 5.71 Å². The van der Waals surface area contributed by atoms with Crippen molar-refractivity contribution in [2.24, 2.45) is 5.16 Å². The SMILES string of the molecule is CCC(Cc1ccncc1)=NO. The van der Waals surface area contributed by atoms with E-state index in [2.05, 4.69) is 10.1 Å². The van der Waals surface area contributed by atoms with Gasteiger partial charge in [0.2, 0.25) is 0 Å². The predicted molar refractivity (Wildman–Crippen MR) is 47.5 cm³/mol. The Hall–Kier alpha value is -1.38. The molecule has 0 fully saturated rings. The zero-order valence-corrected chi connectivity index (χ0v) is 7.07. The molecule has 1 rings (SSSR count). The van der Waals surface area contributed by atoms with Gasteiger partial charge in [-0.3, -0.25) is 4.98 Å². The van der Waals surface area contributed by atoms with E-state index in [0.29, 0.717) is 6.42 Å². The minimum atomic E-state index is 0.704. The molecule has 3 nitrogen and oxygen atoms in total. The number of pyridine rings is 1. The first kappa shape index (κ1) is 8.71.